The Kier molecular flexibility index (Phi) is 14.0. The van der Waals surface area contributed by atoms with Gasteiger partial charge in [0.15, 0.2) is 0 Å². The Morgan fingerprint density at radius 1 is 0.507 bits per heavy atom. The third-order valence-electron chi connectivity index (χ3n) is 13.4. The minimum atomic E-state index is -0.833. The van der Waals surface area contributed by atoms with Crippen molar-refractivity contribution in [3.8, 4) is 56.0 Å². The first kappa shape index (κ1) is 46.5. The summed E-state index contributed by atoms with van der Waals surface area (Å²) in [6.07, 6.45) is 13.8. The van der Waals surface area contributed by atoms with Crippen molar-refractivity contribution < 1.29 is 37.2 Å². The van der Waals surface area contributed by atoms with E-state index in [-0.39, 0.29) is 40.7 Å². The number of aromatic hydroxyl groups is 2. The zero-order chi connectivity index (χ0) is 46.6. The molecule has 0 aromatic heterocycles. The van der Waals surface area contributed by atoms with E-state index >= 15 is 0 Å². The van der Waals surface area contributed by atoms with Gasteiger partial charge in [0.25, 0.3) is 5.97 Å². The Bertz CT molecular complexity index is 3430. The van der Waals surface area contributed by atoms with Crippen molar-refractivity contribution in [1.29, 1.82) is 0 Å². The summed E-state index contributed by atoms with van der Waals surface area (Å²) >= 11 is 0. The molecule has 1 saturated carbocycles. The van der Waals surface area contributed by atoms with E-state index in [1.165, 1.54) is 11.1 Å². The summed E-state index contributed by atoms with van der Waals surface area (Å²) in [5, 5.41) is 38.7. The van der Waals surface area contributed by atoms with Crippen LogP contribution in [-0.4, -0.2) is 45.8 Å². The van der Waals surface area contributed by atoms with Gasteiger partial charge in [-0.15, -0.1) is 0 Å². The molecule has 11 rings (SSSR count). The van der Waals surface area contributed by atoms with E-state index in [4.69, 9.17) is 19.9 Å². The monoisotopic (exact) mass is 943 g/mol. The van der Waals surface area contributed by atoms with Crippen LogP contribution in [0.25, 0.3) is 76.8 Å². The fourth-order valence-corrected chi connectivity index (χ4v) is 10.3. The van der Waals surface area contributed by atoms with Crippen molar-refractivity contribution >= 4 is 50.7 Å². The number of aliphatic carboxylic acids is 1. The average Bonchev–Trinajstić information content (AvgIpc) is 3.38. The van der Waals surface area contributed by atoms with Crippen LogP contribution in [0.5, 0.6) is 11.5 Å². The molecule has 0 heterocycles. The van der Waals surface area contributed by atoms with Gasteiger partial charge in [-0.3, -0.25) is 14.8 Å². The second-order valence-corrected chi connectivity index (χ2v) is 17.8. The number of aliphatic imine (C=N–C) groups is 2. The molecule has 3 N–H and O–H groups in total. The van der Waals surface area contributed by atoms with Gasteiger partial charge in [0.05, 0.1) is 12.1 Å². The van der Waals surface area contributed by atoms with Crippen molar-refractivity contribution in [2.24, 2.45) is 9.98 Å². The zero-order valence-electron chi connectivity index (χ0n) is 38.4. The fourth-order valence-electron chi connectivity index (χ4n) is 10.3. The molecule has 0 saturated heterocycles. The van der Waals surface area contributed by atoms with Gasteiger partial charge in [-0.2, -0.15) is 0 Å². The van der Waals surface area contributed by atoms with Crippen LogP contribution < -0.4 is 0 Å². The number of carboxylic acid groups (broad SMARTS) is 1. The number of phenolic OH excluding ortho intramolecular Hbond substituents is 2. The van der Waals surface area contributed by atoms with Crippen molar-refractivity contribution in [1.82, 2.24) is 0 Å². The molecule has 0 amide bonds. The molecule has 69 heavy (non-hydrogen) atoms. The summed E-state index contributed by atoms with van der Waals surface area (Å²) in [4.78, 5) is 19.5. The number of allylic oxidation sites excluding steroid dienone is 2. The van der Waals surface area contributed by atoms with E-state index in [1.807, 2.05) is 30.6 Å². The van der Waals surface area contributed by atoms with Crippen molar-refractivity contribution in [3.63, 3.8) is 0 Å². The molecule has 9 aromatic rings. The first-order chi connectivity index (χ1) is 33.3. The Morgan fingerprint density at radius 3 is 1.46 bits per heavy atom. The number of fused-ring (bicyclic) bond motifs is 4. The van der Waals surface area contributed by atoms with Gasteiger partial charge in [-0.25, -0.2) is 0 Å². The smallest absolute Gasteiger partial charge is 0.300 e. The summed E-state index contributed by atoms with van der Waals surface area (Å²) in [6, 6.07) is 58.8. The Hall–Kier alpha value is -7.57. The van der Waals surface area contributed by atoms with Crippen LogP contribution in [0.1, 0.15) is 54.9 Å². The summed E-state index contributed by atoms with van der Waals surface area (Å²) in [5.41, 5.74) is 12.1. The van der Waals surface area contributed by atoms with E-state index in [0.29, 0.717) is 11.1 Å². The molecular weight excluding hydrogens is 892 g/mol. The molecule has 341 valence electrons. The molecule has 6 nitrogen and oxygen atoms in total. The summed E-state index contributed by atoms with van der Waals surface area (Å²) in [6.45, 7) is 1.08. The number of hydrogen-bond acceptors (Lipinski definition) is 5. The number of nitrogens with zero attached hydrogens (tertiary/aromatic N) is 2. The van der Waals surface area contributed by atoms with Crippen LogP contribution in [0, 0.1) is 0 Å². The first-order valence-electron chi connectivity index (χ1n) is 23.5. The number of benzene rings is 9. The molecule has 2 aliphatic rings. The summed E-state index contributed by atoms with van der Waals surface area (Å²) in [7, 11) is 0. The second-order valence-electron chi connectivity index (χ2n) is 17.8. The number of phenols is 2. The first-order valence-corrected chi connectivity index (χ1v) is 23.5. The second kappa shape index (κ2) is 20.7. The Labute approximate surface area is 413 Å². The Balaban J connectivity index is 0.00000114. The van der Waals surface area contributed by atoms with Crippen molar-refractivity contribution in [2.45, 2.75) is 57.5 Å². The number of carbonyl (C=O) groups is 1. The molecule has 9 aromatic carbocycles. The third kappa shape index (κ3) is 9.49. The Morgan fingerprint density at radius 2 is 0.928 bits per heavy atom. The SMILES string of the molecule is CC(=O)O.Oc1c(C=N[C@H]2CCCC[C@@H]2N=Cc2cc3ccccc3c(-c3c(-c4ccccc4)ccc4ccccc34)c2O)cc2ccccc2c1-c1c(-c2ccccc2)ccc2c1CC=CC2.[Mn]. The van der Waals surface area contributed by atoms with E-state index in [9.17, 15) is 10.2 Å². The number of carboxylic acids is 1. The molecule has 0 spiro atoms. The van der Waals surface area contributed by atoms with Crippen LogP contribution in [0.15, 0.2) is 192 Å². The predicted molar refractivity (Wildman–Crippen MR) is 282 cm³/mol. The van der Waals surface area contributed by atoms with Gasteiger partial charge in [0, 0.05) is 64.2 Å². The molecule has 7 heteroatoms. The normalized spacial score (nSPS) is 15.5. The molecular formula is C62H52MnN2O4. The maximum absolute atomic E-state index is 12.5. The van der Waals surface area contributed by atoms with Gasteiger partial charge >= 0.3 is 0 Å². The van der Waals surface area contributed by atoms with E-state index in [1.54, 1.807) is 0 Å². The van der Waals surface area contributed by atoms with Gasteiger partial charge in [0.1, 0.15) is 11.5 Å². The fraction of sp³-hybridized carbons (Fsp3) is 0.145. The number of rotatable bonds is 8. The van der Waals surface area contributed by atoms with Crippen LogP contribution in [0.4, 0.5) is 0 Å². The molecule has 2 aliphatic carbocycles. The largest absolute Gasteiger partial charge is 0.507 e. The van der Waals surface area contributed by atoms with Crippen LogP contribution in [0.2, 0.25) is 0 Å². The van der Waals surface area contributed by atoms with Gasteiger partial charge in [-0.1, -0.05) is 183 Å². The molecule has 1 fully saturated rings. The molecule has 0 unspecified atom stereocenters. The van der Waals surface area contributed by atoms with Crippen molar-refractivity contribution in [2.75, 3.05) is 0 Å². The zero-order valence-corrected chi connectivity index (χ0v) is 39.6. The minimum absolute atomic E-state index is 0. The summed E-state index contributed by atoms with van der Waals surface area (Å²) in [5.74, 6) is -0.371. The maximum Gasteiger partial charge on any atom is 0.300 e. The van der Waals surface area contributed by atoms with Crippen LogP contribution in [-0.2, 0) is 34.7 Å². The van der Waals surface area contributed by atoms with E-state index in [0.717, 1.165) is 122 Å². The maximum atomic E-state index is 12.5. The quantitative estimate of drug-likeness (QED) is 0.0802. The molecule has 0 aliphatic heterocycles. The molecule has 1 radical (unpaired) electrons. The van der Waals surface area contributed by atoms with E-state index < -0.39 is 5.97 Å². The van der Waals surface area contributed by atoms with Gasteiger partial charge in [-0.05, 0) is 109 Å². The number of hydrogen-bond donors (Lipinski definition) is 3. The summed E-state index contributed by atoms with van der Waals surface area (Å²) < 4.78 is 0. The van der Waals surface area contributed by atoms with E-state index in [2.05, 4.69) is 164 Å². The van der Waals surface area contributed by atoms with Gasteiger partial charge < -0.3 is 15.3 Å². The van der Waals surface area contributed by atoms with Crippen molar-refractivity contribution in [3.05, 3.63) is 204 Å². The predicted octanol–water partition coefficient (Wildman–Crippen LogP) is 14.8. The molecule has 0 bridgehead atoms. The average molecular weight is 944 g/mol. The third-order valence-corrected chi connectivity index (χ3v) is 13.4. The van der Waals surface area contributed by atoms with Crippen LogP contribution in [0.3, 0.4) is 0 Å². The van der Waals surface area contributed by atoms with Gasteiger partial charge in [0.2, 0.25) is 0 Å². The van der Waals surface area contributed by atoms with Crippen LogP contribution >= 0.6 is 0 Å². The topological polar surface area (TPSA) is 102 Å². The minimum Gasteiger partial charge on any atom is -0.507 e. The standard InChI is InChI=1S/C60H48N2O2.C2H4O2.Mn/c63-59-45(35-43-23-9-13-27-49(43)57(59)55-47-25-11-7-21-41(47)31-33-51(55)39-17-3-1-4-18-39)37-61-53-29-15-16-30-54(53)62-38-46-36-44-24-10-14-28-50(44)58(60(46)64)56-48-26-12-8-22-42(48)32-34-52(56)40-19-5-2-6-20-40;1-2(3)4;/h1-14,17-21,23-25,27-28,31-38,53-54,63-64H,15-16,22,26,29-30H2;1H3,(H,3,4);/t53-,54-;;/m0../s1. The molecule has 2 atom stereocenters.